The molecule has 0 spiro atoms. The molecule has 4 heteroatoms. The highest BCUT2D eigenvalue weighted by molar-refractivity contribution is 5.79. The second-order valence-corrected chi connectivity index (χ2v) is 6.95. The Morgan fingerprint density at radius 3 is 2.76 bits per heavy atom. The van der Waals surface area contributed by atoms with Gasteiger partial charge in [0.1, 0.15) is 0 Å². The van der Waals surface area contributed by atoms with E-state index in [1.54, 1.807) is 0 Å². The lowest BCUT2D eigenvalue weighted by Gasteiger charge is -2.24. The molecule has 130 valence electrons. The maximum absolute atomic E-state index is 12.4. The third kappa shape index (κ3) is 3.97. The predicted molar refractivity (Wildman–Crippen MR) is 103 cm³/mol. The molecule has 2 aromatic heterocycles. The highest BCUT2D eigenvalue weighted by atomic mass is 16.1. The van der Waals surface area contributed by atoms with Crippen LogP contribution in [0, 0.1) is 13.8 Å². The van der Waals surface area contributed by atoms with E-state index >= 15 is 0 Å². The molecule has 0 aliphatic heterocycles. The second kappa shape index (κ2) is 7.19. The molecule has 0 bridgehead atoms. The van der Waals surface area contributed by atoms with E-state index < -0.39 is 0 Å². The van der Waals surface area contributed by atoms with Gasteiger partial charge in [-0.3, -0.25) is 14.7 Å². The van der Waals surface area contributed by atoms with Crippen LogP contribution >= 0.6 is 0 Å². The quantitative estimate of drug-likeness (QED) is 0.775. The summed E-state index contributed by atoms with van der Waals surface area (Å²) in [5.41, 5.74) is 5.15. The fourth-order valence-corrected chi connectivity index (χ4v) is 3.07. The summed E-state index contributed by atoms with van der Waals surface area (Å²) in [5, 5.41) is 1.07. The number of aromatic nitrogens is 2. The Labute approximate surface area is 148 Å². The Balaban J connectivity index is 1.78. The summed E-state index contributed by atoms with van der Waals surface area (Å²) in [6, 6.07) is 12.5. The third-order valence-corrected chi connectivity index (χ3v) is 4.86. The molecule has 1 atom stereocenters. The summed E-state index contributed by atoms with van der Waals surface area (Å²) in [4.78, 5) is 22.1. The number of H-pyrrole nitrogens is 1. The molecule has 0 amide bonds. The first kappa shape index (κ1) is 17.4. The van der Waals surface area contributed by atoms with Crippen LogP contribution in [0.25, 0.3) is 10.9 Å². The van der Waals surface area contributed by atoms with Gasteiger partial charge in [-0.1, -0.05) is 18.2 Å². The molecule has 0 saturated heterocycles. The Morgan fingerprint density at radius 2 is 2.00 bits per heavy atom. The van der Waals surface area contributed by atoms with Gasteiger partial charge in [0.25, 0.3) is 5.56 Å². The number of likely N-dealkylation sites (N-methyl/N-ethyl adjacent to an activating group) is 1. The van der Waals surface area contributed by atoms with Gasteiger partial charge in [-0.15, -0.1) is 0 Å². The average molecular weight is 335 g/mol. The number of pyridine rings is 2. The van der Waals surface area contributed by atoms with Crippen LogP contribution < -0.4 is 5.56 Å². The van der Waals surface area contributed by atoms with Gasteiger partial charge in [0.2, 0.25) is 0 Å². The van der Waals surface area contributed by atoms with E-state index in [0.717, 1.165) is 34.1 Å². The molecule has 3 rings (SSSR count). The van der Waals surface area contributed by atoms with Gasteiger partial charge in [0.15, 0.2) is 0 Å². The average Bonchev–Trinajstić information content (AvgIpc) is 2.57. The topological polar surface area (TPSA) is 49.0 Å². The van der Waals surface area contributed by atoms with Crippen LogP contribution in [0.15, 0.2) is 47.4 Å². The molecule has 2 heterocycles. The van der Waals surface area contributed by atoms with Crippen molar-refractivity contribution in [1.29, 1.82) is 0 Å². The second-order valence-electron chi connectivity index (χ2n) is 6.95. The molecule has 25 heavy (non-hydrogen) atoms. The van der Waals surface area contributed by atoms with E-state index in [4.69, 9.17) is 0 Å². The van der Waals surface area contributed by atoms with Crippen molar-refractivity contribution in [1.82, 2.24) is 14.9 Å². The first-order chi connectivity index (χ1) is 11.9. The monoisotopic (exact) mass is 335 g/mol. The van der Waals surface area contributed by atoms with E-state index in [2.05, 4.69) is 54.0 Å². The van der Waals surface area contributed by atoms with Crippen LogP contribution in [0.1, 0.15) is 29.3 Å². The molecule has 3 aromatic rings. The molecule has 0 saturated carbocycles. The molecule has 0 radical (unpaired) electrons. The molecule has 0 aliphatic rings. The molecule has 4 nitrogen and oxygen atoms in total. The normalized spacial score (nSPS) is 12.7. The highest BCUT2D eigenvalue weighted by Gasteiger charge is 2.14. The zero-order valence-corrected chi connectivity index (χ0v) is 15.3. The summed E-state index contributed by atoms with van der Waals surface area (Å²) in [6.45, 7) is 6.91. The minimum absolute atomic E-state index is 0.00818. The highest BCUT2D eigenvalue weighted by Crippen LogP contribution is 2.15. The Hall–Kier alpha value is -2.46. The molecule has 0 fully saturated rings. The van der Waals surface area contributed by atoms with E-state index in [1.807, 2.05) is 31.3 Å². The van der Waals surface area contributed by atoms with Gasteiger partial charge >= 0.3 is 0 Å². The minimum Gasteiger partial charge on any atom is -0.322 e. The fourth-order valence-electron chi connectivity index (χ4n) is 3.07. The number of rotatable bonds is 5. The van der Waals surface area contributed by atoms with Crippen LogP contribution in [0.4, 0.5) is 0 Å². The number of aryl methyl sites for hydroxylation is 2. The SMILES string of the molecule is Cc1ccc2cc(CN(C)[C@@H](C)Cc3ncccc3C)c(=O)[nH]c2c1. The molecule has 0 aliphatic carbocycles. The lowest BCUT2D eigenvalue weighted by atomic mass is 10.1. The Bertz CT molecular complexity index is 945. The minimum atomic E-state index is -0.00818. The molecule has 1 N–H and O–H groups in total. The van der Waals surface area contributed by atoms with Crippen LogP contribution in [0.2, 0.25) is 0 Å². The lowest BCUT2D eigenvalue weighted by Crippen LogP contribution is -2.33. The summed E-state index contributed by atoms with van der Waals surface area (Å²) in [5.74, 6) is 0. The first-order valence-corrected chi connectivity index (χ1v) is 8.67. The van der Waals surface area contributed by atoms with Crippen molar-refractivity contribution in [2.45, 2.75) is 39.8 Å². The third-order valence-electron chi connectivity index (χ3n) is 4.86. The van der Waals surface area contributed by atoms with Gasteiger partial charge in [-0.2, -0.15) is 0 Å². The summed E-state index contributed by atoms with van der Waals surface area (Å²) >= 11 is 0. The van der Waals surface area contributed by atoms with Crippen molar-refractivity contribution in [3.8, 4) is 0 Å². The standard InChI is InChI=1S/C21H25N3O/c1-14-7-8-17-12-18(21(25)23-20(17)10-14)13-24(4)16(3)11-19-15(2)6-5-9-22-19/h5-10,12,16H,11,13H2,1-4H3,(H,23,25)/t16-/m0/s1. The Morgan fingerprint density at radius 1 is 1.20 bits per heavy atom. The summed E-state index contributed by atoms with van der Waals surface area (Å²) < 4.78 is 0. The van der Waals surface area contributed by atoms with Gasteiger partial charge in [-0.05, 0) is 62.5 Å². The largest absolute Gasteiger partial charge is 0.322 e. The van der Waals surface area contributed by atoms with E-state index in [0.29, 0.717) is 12.6 Å². The lowest BCUT2D eigenvalue weighted by molar-refractivity contribution is 0.246. The zero-order valence-electron chi connectivity index (χ0n) is 15.3. The van der Waals surface area contributed by atoms with Crippen LogP contribution in [0.5, 0.6) is 0 Å². The smallest absolute Gasteiger partial charge is 0.252 e. The maximum atomic E-state index is 12.4. The summed E-state index contributed by atoms with van der Waals surface area (Å²) in [6.07, 6.45) is 2.71. The molecular weight excluding hydrogens is 310 g/mol. The predicted octanol–water partition coefficient (Wildman–Crippen LogP) is 3.60. The van der Waals surface area contributed by atoms with Gasteiger partial charge < -0.3 is 4.98 Å². The number of benzene rings is 1. The first-order valence-electron chi connectivity index (χ1n) is 8.67. The van der Waals surface area contributed by atoms with Crippen LogP contribution in [-0.4, -0.2) is 28.0 Å². The zero-order chi connectivity index (χ0) is 18.0. The molecule has 0 unspecified atom stereocenters. The number of fused-ring (bicyclic) bond motifs is 1. The van der Waals surface area contributed by atoms with Gasteiger partial charge in [0.05, 0.1) is 0 Å². The molecule has 1 aromatic carbocycles. The number of hydrogen-bond acceptors (Lipinski definition) is 3. The number of nitrogens with zero attached hydrogens (tertiary/aromatic N) is 2. The van der Waals surface area contributed by atoms with E-state index in [-0.39, 0.29) is 5.56 Å². The molecular formula is C21H25N3O. The van der Waals surface area contributed by atoms with Gasteiger partial charge in [-0.25, -0.2) is 0 Å². The van der Waals surface area contributed by atoms with Crippen molar-refractivity contribution in [3.05, 3.63) is 75.3 Å². The van der Waals surface area contributed by atoms with Gasteiger partial charge in [0, 0.05) is 42.0 Å². The fraction of sp³-hybridized carbons (Fsp3) is 0.333. The van der Waals surface area contributed by atoms with E-state index in [1.165, 1.54) is 5.56 Å². The number of aromatic amines is 1. The maximum Gasteiger partial charge on any atom is 0.252 e. The van der Waals surface area contributed by atoms with Crippen molar-refractivity contribution in [3.63, 3.8) is 0 Å². The van der Waals surface area contributed by atoms with Crippen molar-refractivity contribution < 1.29 is 0 Å². The number of nitrogens with one attached hydrogen (secondary N) is 1. The summed E-state index contributed by atoms with van der Waals surface area (Å²) in [7, 11) is 2.06. The van der Waals surface area contributed by atoms with Crippen molar-refractivity contribution in [2.75, 3.05) is 7.05 Å². The van der Waals surface area contributed by atoms with Crippen LogP contribution in [0.3, 0.4) is 0 Å². The van der Waals surface area contributed by atoms with Crippen molar-refractivity contribution >= 4 is 10.9 Å². The van der Waals surface area contributed by atoms with E-state index in [9.17, 15) is 4.79 Å². The Kier molecular flexibility index (Phi) is 5.00. The van der Waals surface area contributed by atoms with Crippen LogP contribution in [-0.2, 0) is 13.0 Å². The number of hydrogen-bond donors (Lipinski definition) is 1. The van der Waals surface area contributed by atoms with Crippen molar-refractivity contribution in [2.24, 2.45) is 0 Å².